The van der Waals surface area contributed by atoms with Crippen LogP contribution in [0, 0.1) is 0 Å². The molecule has 7 heteroatoms. The second-order valence-electron chi connectivity index (χ2n) is 0.513. The molecule has 0 saturated carbocycles. The summed E-state index contributed by atoms with van der Waals surface area (Å²) in [5, 5.41) is 0. The van der Waals surface area contributed by atoms with Crippen LogP contribution >= 0.6 is 7.82 Å². The Hall–Kier alpha value is 0.429. The van der Waals surface area contributed by atoms with Gasteiger partial charge in [0.25, 0.3) is 0 Å². The molecule has 5 nitrogen and oxygen atoms in total. The molecule has 0 fully saturated rings. The Kier molecular flexibility index (Phi) is 6.82. The van der Waals surface area contributed by atoms with Gasteiger partial charge in [0, 0.05) is 0 Å². The van der Waals surface area contributed by atoms with Gasteiger partial charge in [0.15, 0.2) is 0 Å². The summed E-state index contributed by atoms with van der Waals surface area (Å²) < 4.78 is 16.7. The summed E-state index contributed by atoms with van der Waals surface area (Å²) in [4.78, 5) is 21.6. The Morgan fingerprint density at radius 3 is 1.14 bits per heavy atom. The van der Waals surface area contributed by atoms with Crippen molar-refractivity contribution in [3.8, 4) is 0 Å². The van der Waals surface area contributed by atoms with Crippen molar-refractivity contribution in [3.63, 3.8) is 0 Å². The zero-order valence-electron chi connectivity index (χ0n) is 2.91. The van der Waals surface area contributed by atoms with Gasteiger partial charge in [0.1, 0.15) is 0 Å². The SMILES string of the molecule is O=P(O)(O)O.[O]=[Cu]. The molecule has 0 aliphatic rings. The van der Waals surface area contributed by atoms with Crippen LogP contribution in [0.3, 0.4) is 0 Å². The van der Waals surface area contributed by atoms with E-state index in [4.69, 9.17) is 23.1 Å². The molecule has 0 bridgehead atoms. The molecule has 0 saturated heterocycles. The summed E-state index contributed by atoms with van der Waals surface area (Å²) >= 11 is 2.94. The molecule has 0 aliphatic carbocycles. The van der Waals surface area contributed by atoms with E-state index < -0.39 is 7.82 Å². The van der Waals surface area contributed by atoms with E-state index in [0.717, 1.165) is 0 Å². The van der Waals surface area contributed by atoms with Crippen LogP contribution in [-0.4, -0.2) is 14.7 Å². The van der Waals surface area contributed by atoms with Gasteiger partial charge in [-0.15, -0.1) is 0 Å². The van der Waals surface area contributed by atoms with E-state index in [0.29, 0.717) is 0 Å². The van der Waals surface area contributed by atoms with Crippen molar-refractivity contribution >= 4 is 7.82 Å². The van der Waals surface area contributed by atoms with Crippen LogP contribution in [-0.2, 0) is 24.3 Å². The van der Waals surface area contributed by atoms with Gasteiger partial charge in [-0.25, -0.2) is 4.57 Å². The van der Waals surface area contributed by atoms with Gasteiger partial charge in [-0.3, -0.25) is 0 Å². The molecule has 0 aromatic heterocycles. The molecule has 0 amide bonds. The number of hydrogen-bond acceptors (Lipinski definition) is 2. The summed E-state index contributed by atoms with van der Waals surface area (Å²) in [7, 11) is -4.64. The van der Waals surface area contributed by atoms with Gasteiger partial charge < -0.3 is 14.7 Å². The second-order valence-corrected chi connectivity index (χ2v) is 1.54. The van der Waals surface area contributed by atoms with Crippen LogP contribution in [0.5, 0.6) is 0 Å². The Balaban J connectivity index is 0. The van der Waals surface area contributed by atoms with Crippen molar-refractivity contribution in [2.75, 3.05) is 0 Å². The predicted octanol–water partition coefficient (Wildman–Crippen LogP) is -1.05. The van der Waals surface area contributed by atoms with Crippen LogP contribution in [0.15, 0.2) is 0 Å². The van der Waals surface area contributed by atoms with Crippen LogP contribution in [0.25, 0.3) is 0 Å². The van der Waals surface area contributed by atoms with Gasteiger partial charge in [-0.05, 0) is 0 Å². The molecule has 0 heterocycles. The maximum atomic E-state index is 8.88. The monoisotopic (exact) mass is 177 g/mol. The van der Waals surface area contributed by atoms with E-state index in [2.05, 4.69) is 15.9 Å². The van der Waals surface area contributed by atoms with E-state index in [1.54, 1.807) is 0 Å². The van der Waals surface area contributed by atoms with E-state index in [1.165, 1.54) is 0 Å². The number of rotatable bonds is 0. The molecule has 0 aromatic carbocycles. The van der Waals surface area contributed by atoms with Crippen LogP contribution < -0.4 is 0 Å². The van der Waals surface area contributed by atoms with Gasteiger partial charge in [-0.1, -0.05) is 0 Å². The summed E-state index contributed by atoms with van der Waals surface area (Å²) in [5.74, 6) is 0. The minimum absolute atomic E-state index is 2.94. The molecule has 0 aliphatic heterocycles. The van der Waals surface area contributed by atoms with Crippen molar-refractivity contribution in [2.24, 2.45) is 0 Å². The Labute approximate surface area is 47.6 Å². The fraction of sp³-hybridized carbons (Fsp3) is 0. The third kappa shape index (κ3) is 684. The quantitative estimate of drug-likeness (QED) is 0.324. The molecule has 3 N–H and O–H groups in total. The maximum absolute atomic E-state index is 8.88. The Morgan fingerprint density at radius 2 is 1.14 bits per heavy atom. The molecule has 0 unspecified atom stereocenters. The molecule has 0 spiro atoms. The zero-order valence-corrected chi connectivity index (χ0v) is 4.74. The topological polar surface area (TPSA) is 94.8 Å². The average Bonchev–Trinajstić information content (AvgIpc) is 1.36. The molecular formula is H3CuO5P. The van der Waals surface area contributed by atoms with Crippen molar-refractivity contribution in [1.82, 2.24) is 0 Å². The number of phosphoric acid groups is 1. The predicted molar refractivity (Wildman–Crippen MR) is 14.9 cm³/mol. The summed E-state index contributed by atoms with van der Waals surface area (Å²) in [6.07, 6.45) is 0. The first-order valence-electron chi connectivity index (χ1n) is 0.906. The zero-order chi connectivity index (χ0) is 6.50. The van der Waals surface area contributed by atoms with E-state index in [9.17, 15) is 0 Å². The van der Waals surface area contributed by atoms with Gasteiger partial charge in [-0.2, -0.15) is 0 Å². The fourth-order valence-corrected chi connectivity index (χ4v) is 0. The molecule has 0 atom stereocenters. The first-order chi connectivity index (χ1) is 3.00. The van der Waals surface area contributed by atoms with Crippen LogP contribution in [0.2, 0.25) is 0 Å². The molecule has 0 rings (SSSR count). The summed E-state index contributed by atoms with van der Waals surface area (Å²) in [6.45, 7) is 0. The Morgan fingerprint density at radius 1 is 1.14 bits per heavy atom. The molecule has 0 aromatic rings. The van der Waals surface area contributed by atoms with Crippen LogP contribution in [0.1, 0.15) is 0 Å². The van der Waals surface area contributed by atoms with Crippen molar-refractivity contribution in [2.45, 2.75) is 0 Å². The Bertz CT molecular complexity index is 63.9. The summed E-state index contributed by atoms with van der Waals surface area (Å²) in [6, 6.07) is 0. The molecule has 0 radical (unpaired) electrons. The standard InChI is InChI=1S/Cu.H3O4P.O/c;1-5(2,3)4;/h;(H3,1,2,3,4);. The molecular weight excluding hydrogens is 175 g/mol. The molecule has 7 heavy (non-hydrogen) atoms. The van der Waals surface area contributed by atoms with Gasteiger partial charge >= 0.3 is 27.6 Å². The average molecular weight is 178 g/mol. The minimum atomic E-state index is -4.64. The third-order valence-corrected chi connectivity index (χ3v) is 0. The van der Waals surface area contributed by atoms with E-state index in [1.807, 2.05) is 0 Å². The van der Waals surface area contributed by atoms with Crippen molar-refractivity contribution < 1.29 is 39.0 Å². The van der Waals surface area contributed by atoms with E-state index >= 15 is 0 Å². The summed E-state index contributed by atoms with van der Waals surface area (Å²) in [5.41, 5.74) is 0. The molecule has 49 valence electrons. The third-order valence-electron chi connectivity index (χ3n) is 0. The normalized spacial score (nSPS) is 9.29. The van der Waals surface area contributed by atoms with Crippen molar-refractivity contribution in [3.05, 3.63) is 0 Å². The fourth-order valence-electron chi connectivity index (χ4n) is 0. The van der Waals surface area contributed by atoms with Gasteiger partial charge in [0.05, 0.1) is 0 Å². The second kappa shape index (κ2) is 4.59. The first kappa shape index (κ1) is 10.4. The first-order valence-corrected chi connectivity index (χ1v) is 2.86. The van der Waals surface area contributed by atoms with Gasteiger partial charge in [0.2, 0.25) is 0 Å². The van der Waals surface area contributed by atoms with Crippen molar-refractivity contribution in [1.29, 1.82) is 0 Å². The number of hydrogen-bond donors (Lipinski definition) is 3. The van der Waals surface area contributed by atoms with E-state index in [-0.39, 0.29) is 0 Å². The van der Waals surface area contributed by atoms with Crippen LogP contribution in [0.4, 0.5) is 0 Å².